The normalized spacial score (nSPS) is 14.5. The van der Waals surface area contributed by atoms with Crippen LogP contribution in [0.5, 0.6) is 0 Å². The second-order valence-electron chi connectivity index (χ2n) is 5.01. The van der Waals surface area contributed by atoms with E-state index in [-0.39, 0.29) is 12.5 Å². The van der Waals surface area contributed by atoms with Gasteiger partial charge in [0, 0.05) is 12.5 Å². The minimum Gasteiger partial charge on any atom is -0.543 e. The van der Waals surface area contributed by atoms with Crippen molar-refractivity contribution in [3.63, 3.8) is 0 Å². The number of hydrogen-bond donors (Lipinski definition) is 0. The Morgan fingerprint density at radius 1 is 1.16 bits per heavy atom. The van der Waals surface area contributed by atoms with E-state index in [1.807, 2.05) is 0 Å². The lowest BCUT2D eigenvalue weighted by Gasteiger charge is -2.28. The van der Waals surface area contributed by atoms with Gasteiger partial charge in [0.1, 0.15) is 0 Å². The largest absolute Gasteiger partial charge is 0.543 e. The molecule has 0 aliphatic heterocycles. The Hall–Kier alpha value is -0.923. The molecule has 112 valence electrons. The molecule has 0 heterocycles. The van der Waals surface area contributed by atoms with Gasteiger partial charge in [-0.25, -0.2) is 0 Å². The van der Waals surface area contributed by atoms with Crippen molar-refractivity contribution in [1.29, 1.82) is 0 Å². The van der Waals surface area contributed by atoms with Crippen LogP contribution in [0.1, 0.15) is 19.8 Å². The second kappa shape index (κ2) is 6.02. The quantitative estimate of drug-likeness (QED) is 0.317. The first-order valence-corrected chi connectivity index (χ1v) is 9.10. The van der Waals surface area contributed by atoms with E-state index in [1.54, 1.807) is 6.92 Å². The van der Waals surface area contributed by atoms with E-state index in [0.29, 0.717) is 6.42 Å². The monoisotopic (exact) mass is 304 g/mol. The fraction of sp³-hybridized carbons (Fsp3) is 0.727. The van der Waals surface area contributed by atoms with E-state index in [9.17, 15) is 26.7 Å². The Morgan fingerprint density at radius 3 is 1.95 bits per heavy atom. The van der Waals surface area contributed by atoms with Crippen LogP contribution < -0.4 is 0 Å². The SMILES string of the molecule is CCCC(=O)/C=C(/O[Si](C)(C)C)C(F)(F)C(F)(F)F. The molecule has 0 aromatic heterocycles. The van der Waals surface area contributed by atoms with Crippen molar-refractivity contribution < 1.29 is 31.2 Å². The third kappa shape index (κ3) is 5.71. The summed E-state index contributed by atoms with van der Waals surface area (Å²) in [5.41, 5.74) is 0. The van der Waals surface area contributed by atoms with Gasteiger partial charge in [-0.2, -0.15) is 22.0 Å². The smallest absolute Gasteiger partial charge is 0.461 e. The maximum absolute atomic E-state index is 13.3. The molecule has 0 saturated heterocycles. The first kappa shape index (κ1) is 18.1. The zero-order chi connectivity index (χ0) is 15.5. The Bertz CT molecular complexity index is 355. The predicted octanol–water partition coefficient (Wildman–Crippen LogP) is 4.29. The highest BCUT2D eigenvalue weighted by atomic mass is 28.4. The molecule has 8 heteroatoms. The van der Waals surface area contributed by atoms with Crippen LogP contribution in [0, 0.1) is 0 Å². The minimum absolute atomic E-state index is 0.105. The van der Waals surface area contributed by atoms with Gasteiger partial charge in [0.15, 0.2) is 11.5 Å². The number of carbonyl (C=O) groups is 1. The first-order chi connectivity index (χ1) is 8.31. The molecule has 0 amide bonds. The lowest BCUT2D eigenvalue weighted by molar-refractivity contribution is -0.273. The Morgan fingerprint density at radius 2 is 1.63 bits per heavy atom. The molecule has 0 aliphatic rings. The number of allylic oxidation sites excluding steroid dienone is 2. The van der Waals surface area contributed by atoms with Gasteiger partial charge < -0.3 is 4.43 Å². The number of halogens is 5. The van der Waals surface area contributed by atoms with Crippen molar-refractivity contribution in [2.24, 2.45) is 0 Å². The Balaban J connectivity index is 5.47. The van der Waals surface area contributed by atoms with Crippen LogP contribution in [0.3, 0.4) is 0 Å². The molecule has 0 spiro atoms. The molecular formula is C11H17F5O2Si. The van der Waals surface area contributed by atoms with Crippen LogP contribution in [0.2, 0.25) is 19.6 Å². The molecule has 0 fully saturated rings. The third-order valence-corrected chi connectivity index (χ3v) is 2.70. The predicted molar refractivity (Wildman–Crippen MR) is 63.4 cm³/mol. The summed E-state index contributed by atoms with van der Waals surface area (Å²) < 4.78 is 68.3. The lowest BCUT2D eigenvalue weighted by Crippen LogP contribution is -2.42. The average Bonchev–Trinajstić information content (AvgIpc) is 2.12. The zero-order valence-corrected chi connectivity index (χ0v) is 12.2. The van der Waals surface area contributed by atoms with E-state index in [0.717, 1.165) is 0 Å². The van der Waals surface area contributed by atoms with Gasteiger partial charge in [-0.05, 0) is 26.1 Å². The summed E-state index contributed by atoms with van der Waals surface area (Å²) in [6, 6.07) is 0. The van der Waals surface area contributed by atoms with Gasteiger partial charge in [-0.1, -0.05) is 6.92 Å². The number of hydrogen-bond acceptors (Lipinski definition) is 2. The maximum atomic E-state index is 13.3. The van der Waals surface area contributed by atoms with Crippen molar-refractivity contribution in [3.8, 4) is 0 Å². The van der Waals surface area contributed by atoms with Crippen LogP contribution in [0.25, 0.3) is 0 Å². The summed E-state index contributed by atoms with van der Waals surface area (Å²) in [6.45, 7) is 5.99. The van der Waals surface area contributed by atoms with Gasteiger partial charge in [-0.3, -0.25) is 4.79 Å². The fourth-order valence-corrected chi connectivity index (χ4v) is 1.97. The van der Waals surface area contributed by atoms with Crippen molar-refractivity contribution in [1.82, 2.24) is 0 Å². The molecule has 0 aromatic rings. The highest BCUT2D eigenvalue weighted by molar-refractivity contribution is 6.70. The van der Waals surface area contributed by atoms with Crippen molar-refractivity contribution in [3.05, 3.63) is 11.8 Å². The van der Waals surface area contributed by atoms with E-state index in [4.69, 9.17) is 4.43 Å². The van der Waals surface area contributed by atoms with E-state index < -0.39 is 32.0 Å². The molecule has 0 aliphatic carbocycles. The third-order valence-electron chi connectivity index (χ3n) is 1.87. The van der Waals surface area contributed by atoms with Crippen LogP contribution >= 0.6 is 0 Å². The fourth-order valence-electron chi connectivity index (χ4n) is 1.12. The highest BCUT2D eigenvalue weighted by Crippen LogP contribution is 2.42. The zero-order valence-electron chi connectivity index (χ0n) is 11.2. The molecule has 0 unspecified atom stereocenters. The summed E-state index contributed by atoms with van der Waals surface area (Å²) in [5.74, 6) is -7.56. The molecule has 0 bridgehead atoms. The summed E-state index contributed by atoms with van der Waals surface area (Å²) in [4.78, 5) is 11.3. The van der Waals surface area contributed by atoms with Gasteiger partial charge in [-0.15, -0.1) is 0 Å². The maximum Gasteiger partial charge on any atom is 0.461 e. The van der Waals surface area contributed by atoms with Gasteiger partial charge in [0.25, 0.3) is 0 Å². The number of carbonyl (C=O) groups excluding carboxylic acids is 1. The minimum atomic E-state index is -5.79. The second-order valence-corrected chi connectivity index (χ2v) is 9.44. The number of rotatable bonds is 6. The van der Waals surface area contributed by atoms with E-state index >= 15 is 0 Å². The van der Waals surface area contributed by atoms with Gasteiger partial charge >= 0.3 is 12.1 Å². The molecule has 0 radical (unpaired) electrons. The molecule has 0 N–H and O–H groups in total. The molecule has 0 rings (SSSR count). The molecule has 0 saturated carbocycles. The summed E-state index contributed by atoms with van der Waals surface area (Å²) >= 11 is 0. The Kier molecular flexibility index (Phi) is 5.73. The molecule has 19 heavy (non-hydrogen) atoms. The van der Waals surface area contributed by atoms with Crippen molar-refractivity contribution in [2.75, 3.05) is 0 Å². The molecule has 0 atom stereocenters. The number of ketones is 1. The van der Waals surface area contributed by atoms with E-state index in [1.165, 1.54) is 19.6 Å². The molecule has 2 nitrogen and oxygen atoms in total. The lowest BCUT2D eigenvalue weighted by atomic mass is 10.1. The van der Waals surface area contributed by atoms with E-state index in [2.05, 4.69) is 0 Å². The summed E-state index contributed by atoms with van der Waals surface area (Å²) in [6.07, 6.45) is -5.26. The molecule has 0 aromatic carbocycles. The van der Waals surface area contributed by atoms with Gasteiger partial charge in [0.2, 0.25) is 8.32 Å². The first-order valence-electron chi connectivity index (χ1n) is 5.70. The van der Waals surface area contributed by atoms with Crippen molar-refractivity contribution in [2.45, 2.75) is 51.5 Å². The average molecular weight is 304 g/mol. The van der Waals surface area contributed by atoms with Crippen LogP contribution in [-0.2, 0) is 9.22 Å². The number of alkyl halides is 5. The Labute approximate surface area is 109 Å². The summed E-state index contributed by atoms with van der Waals surface area (Å²) in [7, 11) is -2.70. The van der Waals surface area contributed by atoms with Crippen molar-refractivity contribution >= 4 is 14.1 Å². The summed E-state index contributed by atoms with van der Waals surface area (Å²) in [5, 5.41) is 0. The van der Waals surface area contributed by atoms with Crippen LogP contribution in [0.4, 0.5) is 22.0 Å². The highest BCUT2D eigenvalue weighted by Gasteiger charge is 2.62. The van der Waals surface area contributed by atoms with Gasteiger partial charge in [0.05, 0.1) is 0 Å². The standard InChI is InChI=1S/C11H17F5O2Si/c1-5-6-8(17)7-9(18-19(2,3)4)10(12,13)11(14,15)16/h7H,5-6H2,1-4H3/b9-7+. The van der Waals surface area contributed by atoms with Crippen LogP contribution in [-0.4, -0.2) is 26.2 Å². The topological polar surface area (TPSA) is 26.3 Å². The van der Waals surface area contributed by atoms with Crippen LogP contribution in [0.15, 0.2) is 11.8 Å². The molecular weight excluding hydrogens is 287 g/mol.